The quantitative estimate of drug-likeness (QED) is 0.466. The highest BCUT2D eigenvalue weighted by molar-refractivity contribution is 7.92. The van der Waals surface area contributed by atoms with Crippen LogP contribution < -0.4 is 10.0 Å². The van der Waals surface area contributed by atoms with Gasteiger partial charge in [-0.25, -0.2) is 22.1 Å². The molecule has 0 aliphatic carbocycles. The van der Waals surface area contributed by atoms with Crippen LogP contribution in [0.5, 0.6) is 0 Å². The summed E-state index contributed by atoms with van der Waals surface area (Å²) < 4.78 is 68.3. The predicted molar refractivity (Wildman–Crippen MR) is 137 cm³/mol. The Hall–Kier alpha value is -3.33. The standard InChI is InChI=1S/C21H17ClFN5O5S3/c1-28-18(20(29)25-14-7-8-16(23)15(22)9-14)10-17(27-36(28,32)33)21-24-11-19(34-21)12-3-5-13(6-4-12)26-35(2,30)31/h3-11,26H,1-2H3,(H,25,29). The van der Waals surface area contributed by atoms with E-state index in [0.29, 0.717) is 16.1 Å². The Morgan fingerprint density at radius 3 is 2.44 bits per heavy atom. The molecule has 2 aromatic carbocycles. The summed E-state index contributed by atoms with van der Waals surface area (Å²) >= 11 is 6.88. The third kappa shape index (κ3) is 5.73. The molecule has 0 unspecified atom stereocenters. The van der Waals surface area contributed by atoms with Crippen molar-refractivity contribution in [3.05, 3.63) is 76.3 Å². The second-order valence-electron chi connectivity index (χ2n) is 7.52. The first kappa shape index (κ1) is 25.8. The van der Waals surface area contributed by atoms with Gasteiger partial charge in [0.05, 0.1) is 16.2 Å². The molecule has 1 amide bonds. The average molecular weight is 570 g/mol. The van der Waals surface area contributed by atoms with Gasteiger partial charge in [-0.2, -0.15) is 8.42 Å². The molecule has 2 heterocycles. The molecule has 2 N–H and O–H groups in total. The van der Waals surface area contributed by atoms with Crippen LogP contribution in [0.3, 0.4) is 0 Å². The highest BCUT2D eigenvalue weighted by Gasteiger charge is 2.31. The average Bonchev–Trinajstić information content (AvgIpc) is 3.28. The van der Waals surface area contributed by atoms with Crippen LogP contribution in [0.15, 0.2) is 64.8 Å². The van der Waals surface area contributed by atoms with Crippen molar-refractivity contribution >= 4 is 66.2 Å². The predicted octanol–water partition coefficient (Wildman–Crippen LogP) is 3.48. The van der Waals surface area contributed by atoms with E-state index in [-0.39, 0.29) is 27.1 Å². The summed E-state index contributed by atoms with van der Waals surface area (Å²) in [6.07, 6.45) is 3.84. The number of hydrogen-bond donors (Lipinski definition) is 2. The highest BCUT2D eigenvalue weighted by Crippen LogP contribution is 2.30. The molecule has 0 atom stereocenters. The second-order valence-corrected chi connectivity index (χ2v) is 12.3. The minimum atomic E-state index is -4.23. The van der Waals surface area contributed by atoms with Gasteiger partial charge in [0.25, 0.3) is 5.91 Å². The maximum absolute atomic E-state index is 13.4. The van der Waals surface area contributed by atoms with E-state index in [1.165, 1.54) is 31.5 Å². The van der Waals surface area contributed by atoms with Crippen molar-refractivity contribution in [3.8, 4) is 10.4 Å². The zero-order valence-electron chi connectivity index (χ0n) is 18.6. The van der Waals surface area contributed by atoms with Crippen LogP contribution in [0, 0.1) is 5.82 Å². The van der Waals surface area contributed by atoms with Gasteiger partial charge in [0.1, 0.15) is 22.2 Å². The Bertz CT molecular complexity index is 1630. The number of rotatable bonds is 6. The monoisotopic (exact) mass is 569 g/mol. The number of benzene rings is 2. The van der Waals surface area contributed by atoms with Crippen molar-refractivity contribution in [2.24, 2.45) is 4.40 Å². The summed E-state index contributed by atoms with van der Waals surface area (Å²) in [5, 5.41) is 2.53. The van der Waals surface area contributed by atoms with E-state index in [1.54, 1.807) is 24.3 Å². The molecule has 36 heavy (non-hydrogen) atoms. The van der Waals surface area contributed by atoms with Crippen molar-refractivity contribution in [1.29, 1.82) is 0 Å². The zero-order valence-corrected chi connectivity index (χ0v) is 21.8. The molecule has 0 saturated carbocycles. The number of carbonyl (C=O) groups excluding carboxylic acids is 1. The Kier molecular flexibility index (Phi) is 6.88. The first-order valence-electron chi connectivity index (χ1n) is 9.94. The van der Waals surface area contributed by atoms with Gasteiger partial charge in [-0.1, -0.05) is 23.7 Å². The summed E-state index contributed by atoms with van der Waals surface area (Å²) in [4.78, 5) is 17.8. The number of sulfonamides is 1. The Labute approximate surface area is 215 Å². The lowest BCUT2D eigenvalue weighted by Crippen LogP contribution is -2.35. The van der Waals surface area contributed by atoms with E-state index in [0.717, 1.165) is 28.0 Å². The number of nitrogens with one attached hydrogen (secondary N) is 2. The molecule has 15 heteroatoms. The first-order valence-corrected chi connectivity index (χ1v) is 14.4. The molecule has 3 aromatic rings. The summed E-state index contributed by atoms with van der Waals surface area (Å²) in [6.45, 7) is 0. The third-order valence-corrected chi connectivity index (χ3v) is 8.06. The number of thiazole rings is 1. The summed E-state index contributed by atoms with van der Waals surface area (Å²) in [5.74, 6) is -1.44. The molecule has 1 aliphatic heterocycles. The Balaban J connectivity index is 1.61. The van der Waals surface area contributed by atoms with Crippen molar-refractivity contribution in [3.63, 3.8) is 0 Å². The molecule has 0 bridgehead atoms. The SMILES string of the molecule is CN1C(C(=O)Nc2ccc(F)c(Cl)c2)=CC(c2ncc(-c3ccc(NS(C)(=O)=O)cc3)s2)=NS1(=O)=O. The lowest BCUT2D eigenvalue weighted by molar-refractivity contribution is -0.113. The van der Waals surface area contributed by atoms with Crippen LogP contribution in [0.2, 0.25) is 5.02 Å². The van der Waals surface area contributed by atoms with E-state index in [1.807, 2.05) is 0 Å². The number of nitrogens with zero attached hydrogens (tertiary/aromatic N) is 3. The maximum Gasteiger partial charge on any atom is 0.345 e. The van der Waals surface area contributed by atoms with E-state index in [4.69, 9.17) is 11.6 Å². The Morgan fingerprint density at radius 2 is 1.81 bits per heavy atom. The smallest absolute Gasteiger partial charge is 0.321 e. The van der Waals surface area contributed by atoms with Gasteiger partial charge in [0, 0.05) is 24.6 Å². The molecule has 0 spiro atoms. The highest BCUT2D eigenvalue weighted by atomic mass is 35.5. The van der Waals surface area contributed by atoms with Gasteiger partial charge < -0.3 is 5.32 Å². The van der Waals surface area contributed by atoms with Crippen LogP contribution >= 0.6 is 22.9 Å². The van der Waals surface area contributed by atoms with Gasteiger partial charge in [0.2, 0.25) is 10.0 Å². The first-order chi connectivity index (χ1) is 16.8. The topological polar surface area (TPSA) is 138 Å². The van der Waals surface area contributed by atoms with E-state index >= 15 is 0 Å². The number of anilines is 2. The molecule has 188 valence electrons. The lowest BCUT2D eigenvalue weighted by atomic mass is 10.2. The van der Waals surface area contributed by atoms with E-state index in [9.17, 15) is 26.0 Å². The van der Waals surface area contributed by atoms with Gasteiger partial charge >= 0.3 is 10.2 Å². The van der Waals surface area contributed by atoms with Gasteiger partial charge in [0.15, 0.2) is 0 Å². The van der Waals surface area contributed by atoms with Gasteiger partial charge in [-0.3, -0.25) is 9.52 Å². The lowest BCUT2D eigenvalue weighted by Gasteiger charge is -2.23. The molecule has 10 nitrogen and oxygen atoms in total. The number of hydrogen-bond acceptors (Lipinski definition) is 7. The number of amides is 1. The summed E-state index contributed by atoms with van der Waals surface area (Å²) in [7, 11) is -6.47. The van der Waals surface area contributed by atoms with Crippen molar-refractivity contribution < 1.29 is 26.0 Å². The fourth-order valence-corrected chi connectivity index (χ4v) is 5.66. The number of halogens is 2. The fraction of sp³-hybridized carbons (Fsp3) is 0.0952. The largest absolute Gasteiger partial charge is 0.345 e. The van der Waals surface area contributed by atoms with Crippen LogP contribution in [-0.4, -0.2) is 51.0 Å². The molecule has 0 radical (unpaired) electrons. The van der Waals surface area contributed by atoms with Crippen molar-refractivity contribution in [2.75, 3.05) is 23.3 Å². The molecular formula is C21H17ClFN5O5S3. The molecule has 1 aromatic heterocycles. The van der Waals surface area contributed by atoms with Gasteiger partial charge in [-0.15, -0.1) is 15.7 Å². The van der Waals surface area contributed by atoms with Crippen molar-refractivity contribution in [2.45, 2.75) is 0 Å². The van der Waals surface area contributed by atoms with Gasteiger partial charge in [-0.05, 0) is 42.0 Å². The summed E-state index contributed by atoms with van der Waals surface area (Å²) in [5.41, 5.74) is 1.00. The van der Waals surface area contributed by atoms with Crippen LogP contribution in [0.25, 0.3) is 10.4 Å². The van der Waals surface area contributed by atoms with Crippen LogP contribution in [-0.2, 0) is 25.0 Å². The maximum atomic E-state index is 13.4. The second kappa shape index (κ2) is 9.61. The number of allylic oxidation sites excluding steroid dienone is 1. The molecule has 0 saturated heterocycles. The Morgan fingerprint density at radius 1 is 1.14 bits per heavy atom. The molecule has 1 aliphatic rings. The minimum absolute atomic E-state index is 0.0398. The number of likely N-dealkylation sites (N-methyl/N-ethyl adjacent to an activating group) is 1. The molecular weight excluding hydrogens is 553 g/mol. The normalized spacial score (nSPS) is 15.2. The molecule has 4 rings (SSSR count). The van der Waals surface area contributed by atoms with Crippen LogP contribution in [0.4, 0.5) is 15.8 Å². The third-order valence-electron chi connectivity index (χ3n) is 4.78. The zero-order chi connectivity index (χ0) is 26.3. The van der Waals surface area contributed by atoms with E-state index in [2.05, 4.69) is 19.4 Å². The van der Waals surface area contributed by atoms with Crippen molar-refractivity contribution in [1.82, 2.24) is 9.29 Å². The molecule has 0 fully saturated rings. The fourth-order valence-electron chi connectivity index (χ4n) is 3.08. The number of carbonyl (C=O) groups is 1. The van der Waals surface area contributed by atoms with E-state index < -0.39 is 32.0 Å². The number of aromatic nitrogens is 1. The van der Waals surface area contributed by atoms with Crippen LogP contribution in [0.1, 0.15) is 5.01 Å². The minimum Gasteiger partial charge on any atom is -0.321 e. The summed E-state index contributed by atoms with van der Waals surface area (Å²) in [6, 6.07) is 10.1.